The zero-order chi connectivity index (χ0) is 22.6. The molecule has 0 fully saturated rings. The maximum atomic E-state index is 13.6. The van der Waals surface area contributed by atoms with Crippen molar-refractivity contribution in [1.29, 1.82) is 0 Å². The Morgan fingerprint density at radius 1 is 0.656 bits per heavy atom. The molecule has 0 unspecified atom stereocenters. The van der Waals surface area contributed by atoms with Crippen LogP contribution in [0.25, 0.3) is 20.9 Å². The van der Waals surface area contributed by atoms with Gasteiger partial charge in [0.05, 0.1) is 25.3 Å². The smallest absolute Gasteiger partial charge is 0.198 e. The molecule has 0 radical (unpaired) electrons. The Morgan fingerprint density at radius 3 is 1.34 bits per heavy atom. The van der Waals surface area contributed by atoms with Gasteiger partial charge in [0.2, 0.25) is 0 Å². The van der Waals surface area contributed by atoms with Crippen LogP contribution in [0.1, 0.15) is 31.8 Å². The van der Waals surface area contributed by atoms with Crippen molar-refractivity contribution in [2.45, 2.75) is 0 Å². The summed E-state index contributed by atoms with van der Waals surface area (Å²) < 4.78 is 13.2. The van der Waals surface area contributed by atoms with Crippen molar-refractivity contribution in [3.8, 4) is 32.4 Å². The minimum Gasteiger partial charge on any atom is -0.495 e. The first-order valence-electron chi connectivity index (χ1n) is 9.44. The molecule has 4 nitrogen and oxygen atoms in total. The molecule has 1 aliphatic carbocycles. The highest BCUT2D eigenvalue weighted by Crippen LogP contribution is 2.46. The van der Waals surface area contributed by atoms with E-state index in [-0.39, 0.29) is 11.6 Å². The van der Waals surface area contributed by atoms with E-state index in [2.05, 4.69) is 31.9 Å². The van der Waals surface area contributed by atoms with E-state index in [4.69, 9.17) is 9.47 Å². The predicted octanol–water partition coefficient (Wildman–Crippen LogP) is 7.46. The van der Waals surface area contributed by atoms with Gasteiger partial charge in [-0.2, -0.15) is 0 Å². The molecule has 0 spiro atoms. The van der Waals surface area contributed by atoms with Gasteiger partial charge in [0.25, 0.3) is 0 Å². The second-order valence-electron chi connectivity index (χ2n) is 7.05. The van der Waals surface area contributed by atoms with Crippen LogP contribution < -0.4 is 9.47 Å². The Labute approximate surface area is 209 Å². The first-order chi connectivity index (χ1) is 15.4. The summed E-state index contributed by atoms with van der Waals surface area (Å²) in [6.45, 7) is 0. The number of thiophene rings is 2. The molecule has 160 valence electrons. The van der Waals surface area contributed by atoms with E-state index >= 15 is 0 Å². The lowest BCUT2D eigenvalue weighted by Gasteiger charge is -2.24. The first kappa shape index (κ1) is 21.6. The molecule has 0 aliphatic heterocycles. The highest BCUT2D eigenvalue weighted by molar-refractivity contribution is 9.10. The fourth-order valence-electron chi connectivity index (χ4n) is 3.98. The summed E-state index contributed by atoms with van der Waals surface area (Å²) in [5, 5.41) is 3.93. The lowest BCUT2D eigenvalue weighted by Crippen LogP contribution is -2.23. The molecule has 2 aromatic carbocycles. The van der Waals surface area contributed by atoms with Crippen molar-refractivity contribution in [3.63, 3.8) is 0 Å². The van der Waals surface area contributed by atoms with E-state index in [1.165, 1.54) is 36.9 Å². The Balaban J connectivity index is 1.73. The molecule has 5 rings (SSSR count). The van der Waals surface area contributed by atoms with E-state index in [0.29, 0.717) is 33.8 Å². The van der Waals surface area contributed by atoms with Gasteiger partial charge in [-0.05, 0) is 68.3 Å². The molecule has 0 amide bonds. The van der Waals surface area contributed by atoms with Gasteiger partial charge in [-0.1, -0.05) is 0 Å². The molecule has 0 saturated heterocycles. The second-order valence-corrected chi connectivity index (χ2v) is 10.7. The topological polar surface area (TPSA) is 52.6 Å². The van der Waals surface area contributed by atoms with Crippen LogP contribution in [-0.4, -0.2) is 25.8 Å². The average molecular weight is 590 g/mol. The molecule has 0 saturated carbocycles. The molecule has 32 heavy (non-hydrogen) atoms. The van der Waals surface area contributed by atoms with Crippen LogP contribution in [0.3, 0.4) is 0 Å². The third-order valence-corrected chi connectivity index (χ3v) is 8.78. The molecular formula is C24H14Br2O4S2. The van der Waals surface area contributed by atoms with Crippen LogP contribution in [0.5, 0.6) is 11.5 Å². The summed E-state index contributed by atoms with van der Waals surface area (Å²) in [6.07, 6.45) is 0. The van der Waals surface area contributed by atoms with Crippen LogP contribution in [-0.2, 0) is 0 Å². The molecule has 2 heterocycles. The van der Waals surface area contributed by atoms with Gasteiger partial charge in [-0.15, -0.1) is 22.7 Å². The number of hydrogen-bond donors (Lipinski definition) is 0. The number of rotatable bonds is 4. The van der Waals surface area contributed by atoms with E-state index in [1.54, 1.807) is 12.1 Å². The summed E-state index contributed by atoms with van der Waals surface area (Å²) in [5.41, 5.74) is 2.78. The monoisotopic (exact) mass is 588 g/mol. The Bertz CT molecular complexity index is 1310. The molecule has 0 bridgehead atoms. The van der Waals surface area contributed by atoms with E-state index in [0.717, 1.165) is 29.8 Å². The molecular weight excluding hydrogens is 576 g/mol. The lowest BCUT2D eigenvalue weighted by atomic mass is 9.81. The highest BCUT2D eigenvalue weighted by atomic mass is 79.9. The SMILES string of the molecule is COc1c(-c2cc(Br)cs2)ccc2c1C(=O)c1ccc(-c3cc(Br)cs3)c(OC)c1C2=O. The molecule has 0 atom stereocenters. The van der Waals surface area contributed by atoms with Crippen molar-refractivity contribution in [1.82, 2.24) is 0 Å². The quantitative estimate of drug-likeness (QED) is 0.218. The minimum atomic E-state index is -0.249. The number of ether oxygens (including phenoxy) is 2. The van der Waals surface area contributed by atoms with Crippen LogP contribution >= 0.6 is 54.5 Å². The number of methoxy groups -OCH3 is 2. The number of benzene rings is 2. The molecule has 0 N–H and O–H groups in total. The van der Waals surface area contributed by atoms with Crippen molar-refractivity contribution < 1.29 is 19.1 Å². The van der Waals surface area contributed by atoms with Crippen molar-refractivity contribution in [3.05, 3.63) is 78.4 Å². The molecule has 2 aromatic heterocycles. The third-order valence-electron chi connectivity index (χ3n) is 5.33. The van der Waals surface area contributed by atoms with Crippen molar-refractivity contribution in [2.24, 2.45) is 0 Å². The zero-order valence-corrected chi connectivity index (χ0v) is 21.6. The normalized spacial score (nSPS) is 12.5. The van der Waals surface area contributed by atoms with Gasteiger partial charge in [-0.25, -0.2) is 0 Å². The van der Waals surface area contributed by atoms with Gasteiger partial charge in [0, 0.05) is 51.7 Å². The predicted molar refractivity (Wildman–Crippen MR) is 135 cm³/mol. The largest absolute Gasteiger partial charge is 0.495 e. The fraction of sp³-hybridized carbons (Fsp3) is 0.0833. The maximum Gasteiger partial charge on any atom is 0.198 e. The minimum absolute atomic E-state index is 0.249. The average Bonchev–Trinajstić information content (AvgIpc) is 3.43. The summed E-state index contributed by atoms with van der Waals surface area (Å²) in [4.78, 5) is 29.2. The van der Waals surface area contributed by atoms with Crippen molar-refractivity contribution in [2.75, 3.05) is 14.2 Å². The van der Waals surface area contributed by atoms with Gasteiger partial charge >= 0.3 is 0 Å². The second kappa shape index (κ2) is 8.26. The fourth-order valence-corrected chi connectivity index (χ4v) is 6.89. The lowest BCUT2D eigenvalue weighted by molar-refractivity contribution is 0.0974. The maximum absolute atomic E-state index is 13.6. The number of carbonyl (C=O) groups is 2. The van der Waals surface area contributed by atoms with E-state index in [1.807, 2.05) is 35.0 Å². The van der Waals surface area contributed by atoms with Gasteiger partial charge in [0.1, 0.15) is 11.5 Å². The summed E-state index contributed by atoms with van der Waals surface area (Å²) in [7, 11) is 3.04. The third kappa shape index (κ3) is 3.28. The standard InChI is InChI=1S/C24H14Br2O4S2/c1-29-23-13(17-7-11(25)9-31-17)3-5-15-19(23)21(27)16-6-4-14(18-8-12(26)10-32-18)24(30-2)20(16)22(15)28/h3-10H,1-2H3. The molecule has 8 heteroatoms. The highest BCUT2D eigenvalue weighted by Gasteiger charge is 2.37. The first-order valence-corrected chi connectivity index (χ1v) is 12.8. The molecule has 4 aromatic rings. The Morgan fingerprint density at radius 2 is 1.03 bits per heavy atom. The van der Waals surface area contributed by atoms with Crippen molar-refractivity contribution >= 4 is 66.1 Å². The van der Waals surface area contributed by atoms with Crippen LogP contribution in [0.4, 0.5) is 0 Å². The Kier molecular flexibility index (Phi) is 5.57. The van der Waals surface area contributed by atoms with Gasteiger partial charge in [-0.3, -0.25) is 9.59 Å². The van der Waals surface area contributed by atoms with Crippen LogP contribution in [0.15, 0.2) is 56.1 Å². The number of halogens is 2. The zero-order valence-electron chi connectivity index (χ0n) is 16.8. The van der Waals surface area contributed by atoms with Crippen LogP contribution in [0.2, 0.25) is 0 Å². The number of ketones is 2. The molecule has 1 aliphatic rings. The summed E-state index contributed by atoms with van der Waals surface area (Å²) >= 11 is 10.0. The van der Waals surface area contributed by atoms with Crippen LogP contribution in [0, 0.1) is 0 Å². The summed E-state index contributed by atoms with van der Waals surface area (Å²) in [6, 6.07) is 11.0. The van der Waals surface area contributed by atoms with Gasteiger partial charge in [0.15, 0.2) is 11.6 Å². The number of hydrogen-bond acceptors (Lipinski definition) is 6. The van der Waals surface area contributed by atoms with E-state index < -0.39 is 0 Å². The van der Waals surface area contributed by atoms with E-state index in [9.17, 15) is 9.59 Å². The summed E-state index contributed by atoms with van der Waals surface area (Å²) in [5.74, 6) is 0.319. The number of fused-ring (bicyclic) bond motifs is 2. The Hall–Kier alpha value is -2.26. The van der Waals surface area contributed by atoms with Gasteiger partial charge < -0.3 is 9.47 Å². The number of carbonyl (C=O) groups excluding carboxylic acids is 2.